The van der Waals surface area contributed by atoms with E-state index in [-0.39, 0.29) is 24.1 Å². The maximum atomic E-state index is 12.8. The standard InChI is InChI=1S/C23H24N4O3/c24-18-3-2-16-12-26(8-7-15(16)10-18)11-14-1-4-19-17(9-14)13-27(23(19)30)20-5-6-21(28)25-22(20)29/h1-4,9-10,20H,5-8,11-13,24H2,(H,25,28,29). The molecule has 7 heteroatoms. The number of hydrogen-bond acceptors (Lipinski definition) is 5. The van der Waals surface area contributed by atoms with Crippen LogP contribution in [0.15, 0.2) is 36.4 Å². The van der Waals surface area contributed by atoms with Crippen molar-refractivity contribution in [2.24, 2.45) is 0 Å². The Morgan fingerprint density at radius 1 is 0.967 bits per heavy atom. The number of amides is 3. The molecule has 2 aromatic carbocycles. The zero-order valence-electron chi connectivity index (χ0n) is 16.7. The molecule has 1 saturated heterocycles. The van der Waals surface area contributed by atoms with E-state index in [1.807, 2.05) is 18.2 Å². The van der Waals surface area contributed by atoms with Crippen LogP contribution in [0.25, 0.3) is 0 Å². The highest BCUT2D eigenvalue weighted by atomic mass is 16.2. The highest BCUT2D eigenvalue weighted by Crippen LogP contribution is 2.29. The van der Waals surface area contributed by atoms with E-state index in [1.54, 1.807) is 4.90 Å². The molecule has 0 spiro atoms. The van der Waals surface area contributed by atoms with Crippen LogP contribution in [-0.4, -0.2) is 40.1 Å². The minimum atomic E-state index is -0.572. The first-order valence-corrected chi connectivity index (χ1v) is 10.3. The van der Waals surface area contributed by atoms with Crippen molar-refractivity contribution >= 4 is 23.4 Å². The van der Waals surface area contributed by atoms with Gasteiger partial charge in [-0.3, -0.25) is 24.6 Å². The van der Waals surface area contributed by atoms with Crippen LogP contribution in [0.3, 0.4) is 0 Å². The van der Waals surface area contributed by atoms with E-state index < -0.39 is 6.04 Å². The zero-order chi connectivity index (χ0) is 20.8. The Balaban J connectivity index is 1.29. The zero-order valence-corrected chi connectivity index (χ0v) is 16.7. The molecule has 3 aliphatic heterocycles. The molecule has 0 aromatic heterocycles. The molecular formula is C23H24N4O3. The van der Waals surface area contributed by atoms with Gasteiger partial charge >= 0.3 is 0 Å². The average molecular weight is 404 g/mol. The molecule has 5 rings (SSSR count). The fourth-order valence-electron chi connectivity index (χ4n) is 4.75. The summed E-state index contributed by atoms with van der Waals surface area (Å²) in [6.07, 6.45) is 1.63. The summed E-state index contributed by atoms with van der Waals surface area (Å²) >= 11 is 0. The van der Waals surface area contributed by atoms with Crippen LogP contribution in [-0.2, 0) is 35.6 Å². The van der Waals surface area contributed by atoms with E-state index in [9.17, 15) is 14.4 Å². The summed E-state index contributed by atoms with van der Waals surface area (Å²) in [5.41, 5.74) is 12.1. The third-order valence-electron chi connectivity index (χ3n) is 6.32. The van der Waals surface area contributed by atoms with E-state index in [0.29, 0.717) is 18.5 Å². The maximum Gasteiger partial charge on any atom is 0.255 e. The maximum absolute atomic E-state index is 12.8. The minimum absolute atomic E-state index is 0.129. The molecule has 1 atom stereocenters. The van der Waals surface area contributed by atoms with Gasteiger partial charge in [0.2, 0.25) is 11.8 Å². The van der Waals surface area contributed by atoms with E-state index in [1.165, 1.54) is 11.1 Å². The fraction of sp³-hybridized carbons (Fsp3) is 0.348. The van der Waals surface area contributed by atoms with Gasteiger partial charge in [-0.15, -0.1) is 0 Å². The largest absolute Gasteiger partial charge is 0.399 e. The Kier molecular flexibility index (Phi) is 4.55. The Labute approximate surface area is 174 Å². The Morgan fingerprint density at radius 2 is 1.83 bits per heavy atom. The number of fused-ring (bicyclic) bond motifs is 2. The molecule has 0 saturated carbocycles. The molecule has 2 aromatic rings. The summed E-state index contributed by atoms with van der Waals surface area (Å²) in [6.45, 7) is 3.07. The topological polar surface area (TPSA) is 95.7 Å². The molecule has 1 unspecified atom stereocenters. The minimum Gasteiger partial charge on any atom is -0.399 e. The van der Waals surface area contributed by atoms with Gasteiger partial charge in [-0.25, -0.2) is 0 Å². The monoisotopic (exact) mass is 404 g/mol. The molecule has 30 heavy (non-hydrogen) atoms. The van der Waals surface area contributed by atoms with Gasteiger partial charge in [-0.2, -0.15) is 0 Å². The van der Waals surface area contributed by atoms with Gasteiger partial charge in [-0.1, -0.05) is 18.2 Å². The summed E-state index contributed by atoms with van der Waals surface area (Å²) in [7, 11) is 0. The predicted octanol–water partition coefficient (Wildman–Crippen LogP) is 1.59. The van der Waals surface area contributed by atoms with Gasteiger partial charge in [0.25, 0.3) is 5.91 Å². The molecule has 3 amide bonds. The SMILES string of the molecule is Nc1ccc2c(c1)CCN(Cc1ccc3c(c1)CN(C1CCC(=O)NC1=O)C3=O)C2. The molecule has 154 valence electrons. The predicted molar refractivity (Wildman–Crippen MR) is 111 cm³/mol. The number of benzene rings is 2. The first kappa shape index (κ1) is 18.8. The number of carbonyl (C=O) groups is 3. The average Bonchev–Trinajstić information content (AvgIpc) is 3.04. The highest BCUT2D eigenvalue weighted by Gasteiger charge is 2.39. The van der Waals surface area contributed by atoms with E-state index in [0.717, 1.165) is 42.9 Å². The lowest BCUT2D eigenvalue weighted by molar-refractivity contribution is -0.136. The summed E-state index contributed by atoms with van der Waals surface area (Å²) < 4.78 is 0. The van der Waals surface area contributed by atoms with Crippen molar-refractivity contribution in [2.45, 2.75) is 44.9 Å². The third-order valence-corrected chi connectivity index (χ3v) is 6.32. The Morgan fingerprint density at radius 3 is 2.67 bits per heavy atom. The number of hydrogen-bond donors (Lipinski definition) is 2. The van der Waals surface area contributed by atoms with E-state index in [2.05, 4.69) is 28.4 Å². The fourth-order valence-corrected chi connectivity index (χ4v) is 4.75. The number of nitrogens with two attached hydrogens (primary N) is 1. The number of nitrogens with zero attached hydrogens (tertiary/aromatic N) is 2. The van der Waals surface area contributed by atoms with E-state index in [4.69, 9.17) is 5.73 Å². The molecule has 3 N–H and O–H groups in total. The van der Waals surface area contributed by atoms with Crippen molar-refractivity contribution in [2.75, 3.05) is 12.3 Å². The lowest BCUT2D eigenvalue weighted by Crippen LogP contribution is -2.52. The van der Waals surface area contributed by atoms with Crippen LogP contribution in [0.5, 0.6) is 0 Å². The molecule has 7 nitrogen and oxygen atoms in total. The number of rotatable bonds is 3. The molecule has 1 fully saturated rings. The number of nitrogen functional groups attached to an aromatic ring is 1. The molecule has 3 heterocycles. The second-order valence-corrected chi connectivity index (χ2v) is 8.38. The first-order chi connectivity index (χ1) is 14.5. The number of piperidine rings is 1. The van der Waals surface area contributed by atoms with Gasteiger partial charge in [0.1, 0.15) is 6.04 Å². The highest BCUT2D eigenvalue weighted by molar-refractivity contribution is 6.05. The van der Waals surface area contributed by atoms with Crippen molar-refractivity contribution in [3.63, 3.8) is 0 Å². The smallest absolute Gasteiger partial charge is 0.255 e. The normalized spacial score (nSPS) is 21.4. The summed E-state index contributed by atoms with van der Waals surface area (Å²) in [4.78, 5) is 40.4. The van der Waals surface area contributed by atoms with Gasteiger partial charge in [-0.05, 0) is 53.3 Å². The van der Waals surface area contributed by atoms with Gasteiger partial charge < -0.3 is 10.6 Å². The van der Waals surface area contributed by atoms with Crippen LogP contribution in [0.4, 0.5) is 5.69 Å². The Hall–Kier alpha value is -3.19. The molecular weight excluding hydrogens is 380 g/mol. The summed E-state index contributed by atoms with van der Waals surface area (Å²) in [5.74, 6) is -0.774. The van der Waals surface area contributed by atoms with Crippen LogP contribution in [0.2, 0.25) is 0 Å². The first-order valence-electron chi connectivity index (χ1n) is 10.3. The summed E-state index contributed by atoms with van der Waals surface area (Å²) in [5, 5.41) is 2.34. The summed E-state index contributed by atoms with van der Waals surface area (Å²) in [6, 6.07) is 11.5. The molecule has 0 radical (unpaired) electrons. The van der Waals surface area contributed by atoms with Crippen molar-refractivity contribution in [3.8, 4) is 0 Å². The van der Waals surface area contributed by atoms with Crippen LogP contribution in [0.1, 0.15) is 45.5 Å². The Bertz CT molecular complexity index is 1060. The second-order valence-electron chi connectivity index (χ2n) is 8.38. The lowest BCUT2D eigenvalue weighted by atomic mass is 9.98. The van der Waals surface area contributed by atoms with Gasteiger partial charge in [0.15, 0.2) is 0 Å². The van der Waals surface area contributed by atoms with Crippen molar-refractivity contribution in [3.05, 3.63) is 64.2 Å². The molecule has 3 aliphatic rings. The number of carbonyl (C=O) groups excluding carboxylic acids is 3. The van der Waals surface area contributed by atoms with Crippen molar-refractivity contribution in [1.82, 2.24) is 15.1 Å². The quantitative estimate of drug-likeness (QED) is 0.598. The van der Waals surface area contributed by atoms with Crippen molar-refractivity contribution in [1.29, 1.82) is 0 Å². The number of nitrogens with one attached hydrogen (secondary N) is 1. The van der Waals surface area contributed by atoms with E-state index >= 15 is 0 Å². The number of imide groups is 1. The van der Waals surface area contributed by atoms with Crippen LogP contribution < -0.4 is 11.1 Å². The third kappa shape index (κ3) is 3.35. The second kappa shape index (κ2) is 7.25. The number of anilines is 1. The van der Waals surface area contributed by atoms with Crippen LogP contribution >= 0.6 is 0 Å². The van der Waals surface area contributed by atoms with Crippen LogP contribution in [0, 0.1) is 0 Å². The lowest BCUT2D eigenvalue weighted by Gasteiger charge is -2.29. The van der Waals surface area contributed by atoms with Crippen molar-refractivity contribution < 1.29 is 14.4 Å². The molecule has 0 aliphatic carbocycles. The van der Waals surface area contributed by atoms with Gasteiger partial charge in [0.05, 0.1) is 0 Å². The van der Waals surface area contributed by atoms with Gasteiger partial charge in [0, 0.05) is 43.9 Å². The molecule has 0 bridgehead atoms.